The highest BCUT2D eigenvalue weighted by Gasteiger charge is 2.17. The van der Waals surface area contributed by atoms with Gasteiger partial charge in [-0.05, 0) is 54.4 Å². The Morgan fingerprint density at radius 1 is 0.929 bits per heavy atom. The highest BCUT2D eigenvalue weighted by molar-refractivity contribution is 7.92. The second-order valence-electron chi connectivity index (χ2n) is 6.63. The highest BCUT2D eigenvalue weighted by Crippen LogP contribution is 2.20. The zero-order chi connectivity index (χ0) is 20.1. The van der Waals surface area contributed by atoms with E-state index in [4.69, 9.17) is 0 Å². The minimum Gasteiger partial charge on any atom is -0.322 e. The van der Waals surface area contributed by atoms with Gasteiger partial charge in [-0.25, -0.2) is 8.42 Å². The SMILES string of the molecule is Cc1cccc(NC(=O)c2ccc(CN(c3ccccc3)S(C)(=O)=O)cc2)c1. The molecule has 0 unspecified atom stereocenters. The van der Waals surface area contributed by atoms with Crippen LogP contribution in [0.1, 0.15) is 21.5 Å². The maximum atomic E-state index is 12.4. The molecule has 0 aliphatic carbocycles. The van der Waals surface area contributed by atoms with E-state index >= 15 is 0 Å². The normalized spacial score (nSPS) is 11.1. The van der Waals surface area contributed by atoms with E-state index in [1.54, 1.807) is 48.5 Å². The third-order valence-corrected chi connectivity index (χ3v) is 5.40. The maximum Gasteiger partial charge on any atom is 0.255 e. The predicted molar refractivity (Wildman–Crippen MR) is 113 cm³/mol. The van der Waals surface area contributed by atoms with Gasteiger partial charge in [-0.3, -0.25) is 9.10 Å². The van der Waals surface area contributed by atoms with Crippen molar-refractivity contribution in [3.05, 3.63) is 95.6 Å². The summed E-state index contributed by atoms with van der Waals surface area (Å²) in [5.41, 5.74) is 3.71. The van der Waals surface area contributed by atoms with Crippen molar-refractivity contribution in [1.82, 2.24) is 0 Å². The van der Waals surface area contributed by atoms with E-state index in [1.807, 2.05) is 37.3 Å². The van der Waals surface area contributed by atoms with Gasteiger partial charge >= 0.3 is 0 Å². The minimum atomic E-state index is -3.43. The van der Waals surface area contributed by atoms with Crippen LogP contribution in [0.4, 0.5) is 11.4 Å². The molecule has 28 heavy (non-hydrogen) atoms. The quantitative estimate of drug-likeness (QED) is 0.681. The number of hydrogen-bond acceptors (Lipinski definition) is 3. The molecule has 1 amide bonds. The van der Waals surface area contributed by atoms with Gasteiger partial charge in [-0.2, -0.15) is 0 Å². The molecular weight excluding hydrogens is 372 g/mol. The van der Waals surface area contributed by atoms with Gasteiger partial charge in [-0.15, -0.1) is 0 Å². The fraction of sp³-hybridized carbons (Fsp3) is 0.136. The number of hydrogen-bond donors (Lipinski definition) is 1. The van der Waals surface area contributed by atoms with Crippen LogP contribution in [0.25, 0.3) is 0 Å². The number of nitrogens with one attached hydrogen (secondary N) is 1. The summed E-state index contributed by atoms with van der Waals surface area (Å²) in [6, 6.07) is 23.5. The van der Waals surface area contributed by atoms with Gasteiger partial charge in [0.2, 0.25) is 10.0 Å². The Balaban J connectivity index is 1.75. The molecule has 0 radical (unpaired) electrons. The molecule has 6 heteroatoms. The van der Waals surface area contributed by atoms with E-state index < -0.39 is 10.0 Å². The van der Waals surface area contributed by atoms with E-state index in [2.05, 4.69) is 5.32 Å². The van der Waals surface area contributed by atoms with Crippen LogP contribution < -0.4 is 9.62 Å². The number of rotatable bonds is 6. The number of carbonyl (C=O) groups is 1. The van der Waals surface area contributed by atoms with Gasteiger partial charge in [0, 0.05) is 11.3 Å². The van der Waals surface area contributed by atoms with Crippen molar-refractivity contribution in [3.8, 4) is 0 Å². The molecule has 1 N–H and O–H groups in total. The van der Waals surface area contributed by atoms with Crippen molar-refractivity contribution in [2.24, 2.45) is 0 Å². The number of nitrogens with zero attached hydrogens (tertiary/aromatic N) is 1. The van der Waals surface area contributed by atoms with Crippen LogP contribution in [0.3, 0.4) is 0 Å². The van der Waals surface area contributed by atoms with E-state index in [-0.39, 0.29) is 12.5 Å². The molecule has 3 aromatic carbocycles. The number of para-hydroxylation sites is 1. The molecule has 0 aliphatic rings. The Labute approximate surface area is 165 Å². The second kappa shape index (κ2) is 8.27. The van der Waals surface area contributed by atoms with Crippen LogP contribution in [0, 0.1) is 6.92 Å². The lowest BCUT2D eigenvalue weighted by Gasteiger charge is -2.22. The van der Waals surface area contributed by atoms with E-state index in [1.165, 1.54) is 10.6 Å². The number of aryl methyl sites for hydroxylation is 1. The summed E-state index contributed by atoms with van der Waals surface area (Å²) < 4.78 is 25.7. The van der Waals surface area contributed by atoms with Crippen molar-refractivity contribution in [1.29, 1.82) is 0 Å². The molecule has 0 aliphatic heterocycles. The molecule has 0 saturated heterocycles. The van der Waals surface area contributed by atoms with Crippen LogP contribution in [0.2, 0.25) is 0 Å². The highest BCUT2D eigenvalue weighted by atomic mass is 32.2. The fourth-order valence-corrected chi connectivity index (χ4v) is 3.74. The van der Waals surface area contributed by atoms with Crippen LogP contribution in [0.5, 0.6) is 0 Å². The third kappa shape index (κ3) is 4.98. The van der Waals surface area contributed by atoms with E-state index in [0.717, 1.165) is 16.8 Å². The number of anilines is 2. The number of carbonyl (C=O) groups excluding carboxylic acids is 1. The Morgan fingerprint density at radius 3 is 2.21 bits per heavy atom. The average molecular weight is 394 g/mol. The molecule has 0 fully saturated rings. The van der Waals surface area contributed by atoms with E-state index in [9.17, 15) is 13.2 Å². The zero-order valence-electron chi connectivity index (χ0n) is 15.8. The summed E-state index contributed by atoms with van der Waals surface area (Å²) in [6.45, 7) is 2.16. The summed E-state index contributed by atoms with van der Waals surface area (Å²) in [7, 11) is -3.43. The zero-order valence-corrected chi connectivity index (χ0v) is 16.6. The largest absolute Gasteiger partial charge is 0.322 e. The van der Waals surface area contributed by atoms with Crippen molar-refractivity contribution in [3.63, 3.8) is 0 Å². The topological polar surface area (TPSA) is 66.5 Å². The van der Waals surface area contributed by atoms with Gasteiger partial charge in [0.15, 0.2) is 0 Å². The van der Waals surface area contributed by atoms with Gasteiger partial charge in [0.05, 0.1) is 18.5 Å². The average Bonchev–Trinajstić information content (AvgIpc) is 2.66. The minimum absolute atomic E-state index is 0.197. The number of benzene rings is 3. The lowest BCUT2D eigenvalue weighted by Crippen LogP contribution is -2.29. The molecule has 3 rings (SSSR count). The Morgan fingerprint density at radius 2 is 1.61 bits per heavy atom. The van der Waals surface area contributed by atoms with Crippen LogP contribution in [0.15, 0.2) is 78.9 Å². The first-order valence-corrected chi connectivity index (χ1v) is 10.7. The molecule has 0 spiro atoms. The maximum absolute atomic E-state index is 12.4. The van der Waals surface area contributed by atoms with Crippen molar-refractivity contribution in [2.45, 2.75) is 13.5 Å². The standard InChI is InChI=1S/C22H22N2O3S/c1-17-7-6-8-20(15-17)23-22(25)19-13-11-18(12-14-19)16-24(28(2,26)27)21-9-4-3-5-10-21/h3-15H,16H2,1-2H3,(H,23,25). The summed E-state index contributed by atoms with van der Waals surface area (Å²) in [6.07, 6.45) is 1.18. The molecule has 0 atom stereocenters. The monoisotopic (exact) mass is 394 g/mol. The summed E-state index contributed by atoms with van der Waals surface area (Å²) in [5, 5.41) is 2.86. The van der Waals surface area contributed by atoms with E-state index in [0.29, 0.717) is 11.3 Å². The molecule has 144 valence electrons. The lowest BCUT2D eigenvalue weighted by molar-refractivity contribution is 0.102. The second-order valence-corrected chi connectivity index (χ2v) is 8.53. The molecule has 0 heterocycles. The lowest BCUT2D eigenvalue weighted by atomic mass is 10.1. The smallest absolute Gasteiger partial charge is 0.255 e. The molecule has 0 bridgehead atoms. The Bertz CT molecular complexity index is 1060. The van der Waals surface area contributed by atoms with Gasteiger partial charge in [0.25, 0.3) is 5.91 Å². The first kappa shape index (κ1) is 19.6. The van der Waals surface area contributed by atoms with Crippen LogP contribution in [-0.2, 0) is 16.6 Å². The van der Waals surface area contributed by atoms with Gasteiger partial charge in [0.1, 0.15) is 0 Å². The van der Waals surface area contributed by atoms with Crippen molar-refractivity contribution >= 4 is 27.3 Å². The molecular formula is C22H22N2O3S. The van der Waals surface area contributed by atoms with Crippen molar-refractivity contribution < 1.29 is 13.2 Å². The first-order valence-electron chi connectivity index (χ1n) is 8.83. The fourth-order valence-electron chi connectivity index (χ4n) is 2.85. The molecule has 0 aromatic heterocycles. The number of amides is 1. The Kier molecular flexibility index (Phi) is 5.80. The van der Waals surface area contributed by atoms with Crippen molar-refractivity contribution in [2.75, 3.05) is 15.9 Å². The van der Waals surface area contributed by atoms with Gasteiger partial charge in [-0.1, -0.05) is 42.5 Å². The number of sulfonamides is 1. The van der Waals surface area contributed by atoms with Gasteiger partial charge < -0.3 is 5.32 Å². The molecule has 0 saturated carbocycles. The summed E-state index contributed by atoms with van der Waals surface area (Å²) in [4.78, 5) is 12.4. The van der Waals surface area contributed by atoms with Crippen LogP contribution in [-0.4, -0.2) is 20.6 Å². The molecule has 3 aromatic rings. The Hall–Kier alpha value is -3.12. The summed E-state index contributed by atoms with van der Waals surface area (Å²) in [5.74, 6) is -0.208. The third-order valence-electron chi connectivity index (χ3n) is 4.26. The van der Waals surface area contributed by atoms with Crippen LogP contribution >= 0.6 is 0 Å². The summed E-state index contributed by atoms with van der Waals surface area (Å²) >= 11 is 0. The predicted octanol–water partition coefficient (Wildman–Crippen LogP) is 4.21. The molecule has 5 nitrogen and oxygen atoms in total. The first-order chi connectivity index (χ1) is 13.3.